The summed E-state index contributed by atoms with van der Waals surface area (Å²) in [6.45, 7) is 4.88. The summed E-state index contributed by atoms with van der Waals surface area (Å²) in [6, 6.07) is 13.7. The molecule has 0 bridgehead atoms. The number of aryl methyl sites for hydroxylation is 1. The summed E-state index contributed by atoms with van der Waals surface area (Å²) in [5.74, 6) is 0.524. The van der Waals surface area contributed by atoms with Crippen molar-refractivity contribution < 1.29 is 4.79 Å². The molecule has 1 aliphatic heterocycles. The second-order valence-electron chi connectivity index (χ2n) is 5.93. The van der Waals surface area contributed by atoms with Crippen LogP contribution in [-0.2, 0) is 6.42 Å². The van der Waals surface area contributed by atoms with Crippen LogP contribution < -0.4 is 10.6 Å². The molecule has 0 saturated heterocycles. The summed E-state index contributed by atoms with van der Waals surface area (Å²) in [5, 5.41) is 0. The van der Waals surface area contributed by atoms with E-state index in [4.69, 9.17) is 5.73 Å². The molecule has 21 heavy (non-hydrogen) atoms. The number of nitrogen functional groups attached to an aromatic ring is 1. The van der Waals surface area contributed by atoms with Crippen molar-refractivity contribution in [3.8, 4) is 0 Å². The topological polar surface area (TPSA) is 46.3 Å². The van der Waals surface area contributed by atoms with Gasteiger partial charge < -0.3 is 10.6 Å². The molecular formula is C18H20N2O. The largest absolute Gasteiger partial charge is 0.399 e. The fourth-order valence-electron chi connectivity index (χ4n) is 2.95. The monoisotopic (exact) mass is 280 g/mol. The van der Waals surface area contributed by atoms with Crippen LogP contribution in [0.15, 0.2) is 42.5 Å². The highest BCUT2D eigenvalue weighted by molar-refractivity contribution is 6.07. The van der Waals surface area contributed by atoms with Crippen LogP contribution in [-0.4, -0.2) is 12.5 Å². The normalized spacial score (nSPS) is 17.4. The lowest BCUT2D eigenvalue weighted by atomic mass is 9.93. The van der Waals surface area contributed by atoms with Gasteiger partial charge in [0.05, 0.1) is 0 Å². The lowest BCUT2D eigenvalue weighted by molar-refractivity contribution is 0.0981. The van der Waals surface area contributed by atoms with Gasteiger partial charge in [0.2, 0.25) is 0 Å². The number of carbonyl (C=O) groups excluding carboxylic acids is 1. The van der Waals surface area contributed by atoms with Crippen molar-refractivity contribution in [3.05, 3.63) is 59.2 Å². The smallest absolute Gasteiger partial charge is 0.258 e. The quantitative estimate of drug-likeness (QED) is 0.814. The van der Waals surface area contributed by atoms with Gasteiger partial charge in [-0.1, -0.05) is 25.1 Å². The van der Waals surface area contributed by atoms with Crippen LogP contribution in [0.2, 0.25) is 0 Å². The molecule has 3 heteroatoms. The Kier molecular flexibility index (Phi) is 3.42. The average Bonchev–Trinajstić information content (AvgIpc) is 2.48. The minimum absolute atomic E-state index is 0.0529. The predicted octanol–water partition coefficient (Wildman–Crippen LogP) is 3.42. The summed E-state index contributed by atoms with van der Waals surface area (Å²) in [4.78, 5) is 14.8. The Balaban J connectivity index is 1.99. The van der Waals surface area contributed by atoms with Gasteiger partial charge in [-0.2, -0.15) is 0 Å². The molecule has 0 saturated carbocycles. The van der Waals surface area contributed by atoms with Crippen LogP contribution >= 0.6 is 0 Å². The second-order valence-corrected chi connectivity index (χ2v) is 5.93. The van der Waals surface area contributed by atoms with Crippen molar-refractivity contribution in [2.75, 3.05) is 17.2 Å². The summed E-state index contributed by atoms with van der Waals surface area (Å²) in [5.41, 5.74) is 10.5. The maximum atomic E-state index is 12.9. The predicted molar refractivity (Wildman–Crippen MR) is 86.6 cm³/mol. The van der Waals surface area contributed by atoms with Gasteiger partial charge in [-0.3, -0.25) is 4.79 Å². The molecule has 2 aromatic carbocycles. The third kappa shape index (κ3) is 2.51. The van der Waals surface area contributed by atoms with E-state index < -0.39 is 0 Å². The van der Waals surface area contributed by atoms with Crippen molar-refractivity contribution >= 4 is 17.3 Å². The summed E-state index contributed by atoms with van der Waals surface area (Å²) >= 11 is 0. The van der Waals surface area contributed by atoms with Gasteiger partial charge >= 0.3 is 0 Å². The van der Waals surface area contributed by atoms with Crippen LogP contribution in [0.25, 0.3) is 0 Å². The first-order valence-corrected chi connectivity index (χ1v) is 7.32. The maximum Gasteiger partial charge on any atom is 0.258 e. The van der Waals surface area contributed by atoms with Gasteiger partial charge in [0.25, 0.3) is 5.91 Å². The third-order valence-electron chi connectivity index (χ3n) is 4.11. The van der Waals surface area contributed by atoms with Crippen molar-refractivity contribution in [1.82, 2.24) is 0 Å². The number of anilines is 2. The zero-order chi connectivity index (χ0) is 15.0. The van der Waals surface area contributed by atoms with Gasteiger partial charge in [-0.25, -0.2) is 0 Å². The number of nitrogens with two attached hydrogens (primary N) is 1. The molecule has 0 radical (unpaired) electrons. The van der Waals surface area contributed by atoms with Gasteiger partial charge in [-0.05, 0) is 54.7 Å². The highest BCUT2D eigenvalue weighted by atomic mass is 16.2. The number of hydrogen-bond acceptors (Lipinski definition) is 2. The Morgan fingerprint density at radius 1 is 1.24 bits per heavy atom. The number of carbonyl (C=O) groups is 1. The number of amides is 1. The highest BCUT2D eigenvalue weighted by Gasteiger charge is 2.26. The SMILES string of the molecule is Cc1cc(C(=O)N2CC(C)Cc3ccccc32)ccc1N. The van der Waals surface area contributed by atoms with Crippen LogP contribution in [0.4, 0.5) is 11.4 Å². The van der Waals surface area contributed by atoms with E-state index in [0.29, 0.717) is 11.5 Å². The highest BCUT2D eigenvalue weighted by Crippen LogP contribution is 2.30. The molecule has 1 atom stereocenters. The van der Waals surface area contributed by atoms with Crippen LogP contribution in [0.3, 0.4) is 0 Å². The van der Waals surface area contributed by atoms with E-state index in [1.165, 1.54) is 5.56 Å². The van der Waals surface area contributed by atoms with Crippen molar-refractivity contribution in [2.45, 2.75) is 20.3 Å². The first-order chi connectivity index (χ1) is 10.1. The molecule has 2 aromatic rings. The molecule has 1 aliphatic rings. The minimum atomic E-state index is 0.0529. The Bertz CT molecular complexity index is 693. The summed E-state index contributed by atoms with van der Waals surface area (Å²) < 4.78 is 0. The van der Waals surface area contributed by atoms with E-state index in [2.05, 4.69) is 13.0 Å². The zero-order valence-electron chi connectivity index (χ0n) is 12.5. The number of rotatable bonds is 1. The van der Waals surface area contributed by atoms with E-state index in [1.807, 2.05) is 48.2 Å². The molecule has 0 aromatic heterocycles. The van der Waals surface area contributed by atoms with Crippen molar-refractivity contribution in [1.29, 1.82) is 0 Å². The lowest BCUT2D eigenvalue weighted by Gasteiger charge is -2.33. The number of para-hydroxylation sites is 1. The number of nitrogens with zero attached hydrogens (tertiary/aromatic N) is 1. The summed E-state index contributed by atoms with van der Waals surface area (Å²) in [7, 11) is 0. The molecule has 0 aliphatic carbocycles. The van der Waals surface area contributed by atoms with Crippen molar-refractivity contribution in [3.63, 3.8) is 0 Å². The zero-order valence-corrected chi connectivity index (χ0v) is 12.5. The summed E-state index contributed by atoms with van der Waals surface area (Å²) in [6.07, 6.45) is 1.03. The molecule has 3 rings (SSSR count). The molecule has 3 nitrogen and oxygen atoms in total. The van der Waals surface area contributed by atoms with Gasteiger partial charge in [0.15, 0.2) is 0 Å². The molecule has 108 valence electrons. The van der Waals surface area contributed by atoms with E-state index in [-0.39, 0.29) is 5.91 Å². The van der Waals surface area contributed by atoms with E-state index in [0.717, 1.165) is 29.9 Å². The number of benzene rings is 2. The average molecular weight is 280 g/mol. The Morgan fingerprint density at radius 3 is 2.76 bits per heavy atom. The van der Waals surface area contributed by atoms with Crippen LogP contribution in [0, 0.1) is 12.8 Å². The molecule has 2 N–H and O–H groups in total. The Hall–Kier alpha value is -2.29. The first kappa shape index (κ1) is 13.7. The fraction of sp³-hybridized carbons (Fsp3) is 0.278. The number of fused-ring (bicyclic) bond motifs is 1. The second kappa shape index (κ2) is 5.24. The lowest BCUT2D eigenvalue weighted by Crippen LogP contribution is -2.39. The third-order valence-corrected chi connectivity index (χ3v) is 4.11. The van der Waals surface area contributed by atoms with E-state index >= 15 is 0 Å². The Morgan fingerprint density at radius 2 is 2.00 bits per heavy atom. The van der Waals surface area contributed by atoms with E-state index in [9.17, 15) is 4.79 Å². The molecule has 0 spiro atoms. The Labute approximate surface area is 125 Å². The molecule has 1 heterocycles. The minimum Gasteiger partial charge on any atom is -0.399 e. The number of hydrogen-bond donors (Lipinski definition) is 1. The first-order valence-electron chi connectivity index (χ1n) is 7.32. The molecule has 0 fully saturated rings. The molecule has 1 amide bonds. The van der Waals surface area contributed by atoms with Gasteiger partial charge in [0.1, 0.15) is 0 Å². The van der Waals surface area contributed by atoms with Crippen LogP contribution in [0.1, 0.15) is 28.4 Å². The van der Waals surface area contributed by atoms with Crippen LogP contribution in [0.5, 0.6) is 0 Å². The van der Waals surface area contributed by atoms with Crippen molar-refractivity contribution in [2.24, 2.45) is 5.92 Å². The maximum absolute atomic E-state index is 12.9. The molecular weight excluding hydrogens is 260 g/mol. The molecule has 1 unspecified atom stereocenters. The standard InChI is InChI=1S/C18H20N2O/c1-12-9-14-5-3-4-6-17(14)20(11-12)18(21)15-7-8-16(19)13(2)10-15/h3-8,10,12H,9,11,19H2,1-2H3. The van der Waals surface area contributed by atoms with E-state index in [1.54, 1.807) is 0 Å². The van der Waals surface area contributed by atoms with Gasteiger partial charge in [0, 0.05) is 23.5 Å². The fourth-order valence-corrected chi connectivity index (χ4v) is 2.95. The van der Waals surface area contributed by atoms with Gasteiger partial charge in [-0.15, -0.1) is 0 Å².